The summed E-state index contributed by atoms with van der Waals surface area (Å²) < 4.78 is 6.14. The molecule has 3 unspecified atom stereocenters. The maximum atomic E-state index is 6.14. The molecule has 5 fully saturated rings. The van der Waals surface area contributed by atoms with Crippen LogP contribution >= 0.6 is 24.0 Å². The summed E-state index contributed by atoms with van der Waals surface area (Å²) in [7, 11) is 1.98. The first-order valence-corrected chi connectivity index (χ1v) is 10.4. The normalized spacial score (nSPS) is 38.0. The molecule has 0 radical (unpaired) electrons. The Balaban J connectivity index is 0.00000157. The molecule has 0 aromatic carbocycles. The number of hydrogen-bond acceptors (Lipinski definition) is 2. The number of guanidine groups is 1. The molecule has 142 valence electrons. The molecule has 3 aliphatic carbocycles. The minimum Gasteiger partial charge on any atom is -0.377 e. The van der Waals surface area contributed by atoms with E-state index in [1.807, 2.05) is 7.05 Å². The second kappa shape index (κ2) is 6.84. The third-order valence-corrected chi connectivity index (χ3v) is 8.18. The lowest BCUT2D eigenvalue weighted by Gasteiger charge is -2.57. The van der Waals surface area contributed by atoms with E-state index < -0.39 is 0 Å². The van der Waals surface area contributed by atoms with Crippen LogP contribution in [-0.4, -0.2) is 49.7 Å². The molecule has 0 amide bonds. The van der Waals surface area contributed by atoms with E-state index in [2.05, 4.69) is 10.2 Å². The average Bonchev–Trinajstić information content (AvgIpc) is 3.35. The minimum absolute atomic E-state index is 0. The molecular formula is C20H34IN3O. The van der Waals surface area contributed by atoms with Crippen LogP contribution in [0.4, 0.5) is 0 Å². The van der Waals surface area contributed by atoms with Crippen molar-refractivity contribution in [2.45, 2.75) is 76.4 Å². The summed E-state index contributed by atoms with van der Waals surface area (Å²) in [6, 6.07) is 0.603. The van der Waals surface area contributed by atoms with Crippen LogP contribution < -0.4 is 5.32 Å². The molecule has 2 heterocycles. The van der Waals surface area contributed by atoms with Crippen molar-refractivity contribution in [3.8, 4) is 0 Å². The molecule has 2 aliphatic heterocycles. The smallest absolute Gasteiger partial charge is 0.193 e. The van der Waals surface area contributed by atoms with Crippen molar-refractivity contribution in [1.29, 1.82) is 0 Å². The van der Waals surface area contributed by atoms with Crippen molar-refractivity contribution in [3.63, 3.8) is 0 Å². The molecule has 5 aliphatic rings. The molecule has 2 spiro atoms. The SMILES string of the molecule is CN=C(NC1C2CCOC2C12CCCC2)N1CCC2(CCCC2)C1.I. The molecule has 0 bridgehead atoms. The Morgan fingerprint density at radius 2 is 1.80 bits per heavy atom. The number of aliphatic imine (C=N–C) groups is 1. The number of nitrogens with one attached hydrogen (secondary N) is 1. The second-order valence-electron chi connectivity index (χ2n) is 9.23. The predicted octanol–water partition coefficient (Wildman–Crippen LogP) is 3.79. The van der Waals surface area contributed by atoms with Crippen LogP contribution in [0.2, 0.25) is 0 Å². The molecule has 4 nitrogen and oxygen atoms in total. The Bertz CT molecular complexity index is 525. The number of nitrogens with zero attached hydrogens (tertiary/aromatic N) is 2. The first-order valence-electron chi connectivity index (χ1n) is 10.4. The van der Waals surface area contributed by atoms with E-state index in [4.69, 9.17) is 9.73 Å². The van der Waals surface area contributed by atoms with E-state index in [0.29, 0.717) is 23.0 Å². The van der Waals surface area contributed by atoms with Gasteiger partial charge in [0, 0.05) is 44.1 Å². The Morgan fingerprint density at radius 1 is 1.08 bits per heavy atom. The topological polar surface area (TPSA) is 36.9 Å². The third kappa shape index (κ3) is 2.74. The van der Waals surface area contributed by atoms with Gasteiger partial charge >= 0.3 is 0 Å². The van der Waals surface area contributed by atoms with E-state index in [0.717, 1.165) is 12.5 Å². The van der Waals surface area contributed by atoms with Crippen LogP contribution in [0.25, 0.3) is 0 Å². The summed E-state index contributed by atoms with van der Waals surface area (Å²) in [5.41, 5.74) is 1.03. The molecule has 1 N–H and O–H groups in total. The van der Waals surface area contributed by atoms with Gasteiger partial charge in [-0.2, -0.15) is 0 Å². The summed E-state index contributed by atoms with van der Waals surface area (Å²) >= 11 is 0. The lowest BCUT2D eigenvalue weighted by atomic mass is 9.54. The van der Waals surface area contributed by atoms with Crippen LogP contribution in [0.5, 0.6) is 0 Å². The van der Waals surface area contributed by atoms with Crippen LogP contribution in [0.15, 0.2) is 4.99 Å². The van der Waals surface area contributed by atoms with E-state index in [-0.39, 0.29) is 24.0 Å². The average molecular weight is 459 g/mol. The van der Waals surface area contributed by atoms with Gasteiger partial charge in [-0.05, 0) is 43.9 Å². The van der Waals surface area contributed by atoms with Gasteiger partial charge in [0.05, 0.1) is 6.10 Å². The minimum atomic E-state index is 0. The van der Waals surface area contributed by atoms with Crippen LogP contribution in [0.3, 0.4) is 0 Å². The Labute approximate surface area is 169 Å². The highest BCUT2D eigenvalue weighted by Crippen LogP contribution is 2.60. The fourth-order valence-electron chi connectivity index (χ4n) is 6.99. The largest absolute Gasteiger partial charge is 0.377 e. The first-order chi connectivity index (χ1) is 11.8. The summed E-state index contributed by atoms with van der Waals surface area (Å²) in [5, 5.41) is 3.95. The Morgan fingerprint density at radius 3 is 2.52 bits per heavy atom. The molecule has 0 aromatic rings. The number of rotatable bonds is 1. The molecule has 2 saturated heterocycles. The summed E-state index contributed by atoms with van der Waals surface area (Å²) in [5.74, 6) is 1.91. The van der Waals surface area contributed by atoms with E-state index >= 15 is 0 Å². The highest BCUT2D eigenvalue weighted by molar-refractivity contribution is 14.0. The molecule has 0 aromatic heterocycles. The standard InChI is InChI=1S/C20H33N3O.HI/c1-21-18(23-12-11-19(14-23)7-2-3-8-19)22-16-15-6-13-24-17(15)20(16)9-4-5-10-20;/h15-17H,2-14H2,1H3,(H,21,22);1H. The van der Waals surface area contributed by atoms with Gasteiger partial charge in [-0.25, -0.2) is 0 Å². The lowest BCUT2D eigenvalue weighted by molar-refractivity contribution is -0.125. The fraction of sp³-hybridized carbons (Fsp3) is 0.950. The van der Waals surface area contributed by atoms with Crippen LogP contribution in [-0.2, 0) is 4.74 Å². The van der Waals surface area contributed by atoms with Crippen LogP contribution in [0.1, 0.15) is 64.2 Å². The molecule has 3 atom stereocenters. The maximum absolute atomic E-state index is 6.14. The number of ether oxygens (including phenoxy) is 1. The van der Waals surface area contributed by atoms with Gasteiger partial charge in [0.15, 0.2) is 5.96 Å². The molecular weight excluding hydrogens is 425 g/mol. The van der Waals surface area contributed by atoms with E-state index in [1.54, 1.807) is 0 Å². The molecule has 3 saturated carbocycles. The zero-order valence-electron chi connectivity index (χ0n) is 15.6. The summed E-state index contributed by atoms with van der Waals surface area (Å²) in [4.78, 5) is 7.27. The highest BCUT2D eigenvalue weighted by atomic mass is 127. The van der Waals surface area contributed by atoms with Gasteiger partial charge in [0.2, 0.25) is 0 Å². The van der Waals surface area contributed by atoms with Gasteiger partial charge in [-0.15, -0.1) is 24.0 Å². The number of fused-ring (bicyclic) bond motifs is 2. The lowest BCUT2D eigenvalue weighted by Crippen LogP contribution is -2.69. The second-order valence-corrected chi connectivity index (χ2v) is 9.23. The first kappa shape index (κ1) is 18.3. The predicted molar refractivity (Wildman–Crippen MR) is 112 cm³/mol. The Hall–Kier alpha value is -0.0400. The highest BCUT2D eigenvalue weighted by Gasteiger charge is 2.65. The third-order valence-electron chi connectivity index (χ3n) is 8.18. The quantitative estimate of drug-likeness (QED) is 0.368. The van der Waals surface area contributed by atoms with Gasteiger partial charge in [-0.3, -0.25) is 4.99 Å². The fourth-order valence-corrected chi connectivity index (χ4v) is 6.99. The zero-order chi connectivity index (χ0) is 16.2. The molecule has 25 heavy (non-hydrogen) atoms. The van der Waals surface area contributed by atoms with Gasteiger partial charge in [0.1, 0.15) is 0 Å². The zero-order valence-corrected chi connectivity index (χ0v) is 18.0. The van der Waals surface area contributed by atoms with Crippen molar-refractivity contribution in [1.82, 2.24) is 10.2 Å². The number of hydrogen-bond donors (Lipinski definition) is 1. The van der Waals surface area contributed by atoms with Crippen molar-refractivity contribution in [2.24, 2.45) is 21.7 Å². The van der Waals surface area contributed by atoms with Crippen molar-refractivity contribution >= 4 is 29.9 Å². The van der Waals surface area contributed by atoms with Gasteiger partial charge in [0.25, 0.3) is 0 Å². The van der Waals surface area contributed by atoms with E-state index in [9.17, 15) is 0 Å². The Kier molecular flexibility index (Phi) is 5.02. The molecule has 5 rings (SSSR count). The van der Waals surface area contributed by atoms with Gasteiger partial charge in [-0.1, -0.05) is 25.7 Å². The number of halogens is 1. The monoisotopic (exact) mass is 459 g/mol. The van der Waals surface area contributed by atoms with Crippen LogP contribution in [0, 0.1) is 16.7 Å². The maximum Gasteiger partial charge on any atom is 0.193 e. The van der Waals surface area contributed by atoms with Crippen molar-refractivity contribution in [3.05, 3.63) is 0 Å². The summed E-state index contributed by atoms with van der Waals surface area (Å²) in [6.45, 7) is 3.40. The molecule has 5 heteroatoms. The van der Waals surface area contributed by atoms with Gasteiger partial charge < -0.3 is 15.0 Å². The summed E-state index contributed by atoms with van der Waals surface area (Å²) in [6.07, 6.45) is 14.4. The number of likely N-dealkylation sites (tertiary alicyclic amines) is 1. The van der Waals surface area contributed by atoms with Crippen molar-refractivity contribution < 1.29 is 4.74 Å². The van der Waals surface area contributed by atoms with E-state index in [1.165, 1.54) is 83.3 Å². The van der Waals surface area contributed by atoms with Crippen molar-refractivity contribution in [2.75, 3.05) is 26.7 Å².